The molecule has 1 aliphatic heterocycles. The van der Waals surface area contributed by atoms with Crippen LogP contribution >= 0.6 is 11.8 Å². The van der Waals surface area contributed by atoms with E-state index in [1.807, 2.05) is 43.3 Å². The third kappa shape index (κ3) is 6.05. The summed E-state index contributed by atoms with van der Waals surface area (Å²) in [6.45, 7) is 2.32. The van der Waals surface area contributed by atoms with E-state index < -0.39 is 0 Å². The Morgan fingerprint density at radius 3 is 2.58 bits per heavy atom. The molecule has 2 aromatic carbocycles. The number of rotatable bonds is 7. The molecule has 2 aliphatic rings. The number of imide groups is 1. The van der Waals surface area contributed by atoms with Crippen LogP contribution in [0.2, 0.25) is 0 Å². The van der Waals surface area contributed by atoms with Crippen LogP contribution in [-0.4, -0.2) is 35.1 Å². The third-order valence-corrected chi connectivity index (χ3v) is 6.85. The monoisotopic (exact) mass is 464 g/mol. The van der Waals surface area contributed by atoms with E-state index in [0.717, 1.165) is 30.2 Å². The minimum absolute atomic E-state index is 0.165. The van der Waals surface area contributed by atoms with E-state index in [-0.39, 0.29) is 23.7 Å². The number of nitrogens with zero attached hydrogens (tertiary/aromatic N) is 1. The van der Waals surface area contributed by atoms with Crippen LogP contribution in [0.3, 0.4) is 0 Å². The van der Waals surface area contributed by atoms with Gasteiger partial charge in [-0.1, -0.05) is 55.2 Å². The van der Waals surface area contributed by atoms with Gasteiger partial charge in [-0.2, -0.15) is 0 Å². The number of carbonyl (C=O) groups is 3. The molecule has 0 unspecified atom stereocenters. The van der Waals surface area contributed by atoms with Gasteiger partial charge in [-0.25, -0.2) is 0 Å². The van der Waals surface area contributed by atoms with E-state index in [1.165, 1.54) is 24.2 Å². The highest BCUT2D eigenvalue weighted by Gasteiger charge is 2.36. The van der Waals surface area contributed by atoms with Crippen LogP contribution in [0.15, 0.2) is 53.4 Å². The van der Waals surface area contributed by atoms with Crippen molar-refractivity contribution in [3.8, 4) is 5.75 Å². The smallest absolute Gasteiger partial charge is 0.293 e. The van der Waals surface area contributed by atoms with Gasteiger partial charge in [0.05, 0.1) is 4.91 Å². The van der Waals surface area contributed by atoms with Crippen LogP contribution < -0.4 is 10.1 Å². The Hall–Kier alpha value is -3.06. The Kier molecular flexibility index (Phi) is 7.50. The lowest BCUT2D eigenvalue weighted by Gasteiger charge is -2.25. The normalized spacial score (nSPS) is 18.1. The van der Waals surface area contributed by atoms with E-state index in [0.29, 0.717) is 34.4 Å². The number of benzene rings is 2. The zero-order valence-corrected chi connectivity index (χ0v) is 19.5. The van der Waals surface area contributed by atoms with Crippen molar-refractivity contribution in [1.82, 2.24) is 4.90 Å². The summed E-state index contributed by atoms with van der Waals surface area (Å²) in [5.74, 6) is 0.355. The average Bonchev–Trinajstić information content (AvgIpc) is 3.08. The number of hydrogen-bond acceptors (Lipinski definition) is 5. The van der Waals surface area contributed by atoms with Crippen molar-refractivity contribution in [1.29, 1.82) is 0 Å². The molecule has 1 aliphatic carbocycles. The number of anilines is 1. The standard InChI is InChI=1S/C26H28N2O4S/c1-18-11-13-21(14-12-18)27-24(29)17-32-22-10-6-5-9-20(22)15-23-25(30)28(26(31)33-23)16-19-7-3-2-4-8-19/h5-6,9-15,19H,2-4,7-8,16-17H2,1H3,(H,27,29)/b23-15+. The van der Waals surface area contributed by atoms with E-state index in [9.17, 15) is 14.4 Å². The summed E-state index contributed by atoms with van der Waals surface area (Å²) in [5, 5.41) is 2.59. The van der Waals surface area contributed by atoms with Crippen molar-refractivity contribution in [2.45, 2.75) is 39.0 Å². The van der Waals surface area contributed by atoms with Crippen LogP contribution in [-0.2, 0) is 9.59 Å². The molecule has 0 aromatic heterocycles. The van der Waals surface area contributed by atoms with Gasteiger partial charge in [-0.05, 0) is 61.7 Å². The molecule has 172 valence electrons. The molecule has 0 bridgehead atoms. The fourth-order valence-corrected chi connectivity index (χ4v) is 4.97. The van der Waals surface area contributed by atoms with Crippen LogP contribution in [0.4, 0.5) is 10.5 Å². The van der Waals surface area contributed by atoms with E-state index in [4.69, 9.17) is 4.74 Å². The number of carbonyl (C=O) groups excluding carboxylic acids is 3. The van der Waals surface area contributed by atoms with Crippen molar-refractivity contribution in [2.75, 3.05) is 18.5 Å². The first-order valence-electron chi connectivity index (χ1n) is 11.3. The summed E-state index contributed by atoms with van der Waals surface area (Å²) in [5.41, 5.74) is 2.47. The van der Waals surface area contributed by atoms with Crippen molar-refractivity contribution in [2.24, 2.45) is 5.92 Å². The number of hydrogen-bond donors (Lipinski definition) is 1. The van der Waals surface area contributed by atoms with Gasteiger partial charge in [0, 0.05) is 17.8 Å². The molecule has 1 saturated heterocycles. The van der Waals surface area contributed by atoms with Gasteiger partial charge in [0.2, 0.25) is 0 Å². The van der Waals surface area contributed by atoms with Gasteiger partial charge in [0.1, 0.15) is 5.75 Å². The van der Waals surface area contributed by atoms with Gasteiger partial charge in [0.15, 0.2) is 6.61 Å². The van der Waals surface area contributed by atoms with Crippen molar-refractivity contribution in [3.63, 3.8) is 0 Å². The van der Waals surface area contributed by atoms with Gasteiger partial charge in [-0.15, -0.1) is 0 Å². The maximum atomic E-state index is 12.9. The average molecular weight is 465 g/mol. The first-order chi connectivity index (χ1) is 16.0. The Labute approximate surface area is 198 Å². The maximum Gasteiger partial charge on any atom is 0.293 e. The summed E-state index contributed by atoms with van der Waals surface area (Å²) in [4.78, 5) is 39.5. The predicted molar refractivity (Wildman–Crippen MR) is 131 cm³/mol. The molecule has 2 fully saturated rings. The molecule has 0 spiro atoms. The molecule has 1 heterocycles. The van der Waals surface area contributed by atoms with E-state index >= 15 is 0 Å². The second-order valence-corrected chi connectivity index (χ2v) is 9.53. The third-order valence-electron chi connectivity index (χ3n) is 5.94. The van der Waals surface area contributed by atoms with E-state index in [1.54, 1.807) is 18.2 Å². The Morgan fingerprint density at radius 2 is 1.82 bits per heavy atom. The molecule has 0 radical (unpaired) electrons. The second kappa shape index (κ2) is 10.7. The largest absolute Gasteiger partial charge is 0.483 e. The fraction of sp³-hybridized carbons (Fsp3) is 0.346. The zero-order chi connectivity index (χ0) is 23.2. The van der Waals surface area contributed by atoms with Gasteiger partial charge >= 0.3 is 0 Å². The quantitative estimate of drug-likeness (QED) is 0.538. The van der Waals surface area contributed by atoms with Gasteiger partial charge < -0.3 is 10.1 Å². The van der Waals surface area contributed by atoms with Crippen LogP contribution in [0.1, 0.15) is 43.2 Å². The molecule has 7 heteroatoms. The summed E-state index contributed by atoms with van der Waals surface area (Å²) in [6, 6.07) is 14.7. The highest BCUT2D eigenvalue weighted by Crippen LogP contribution is 2.36. The first kappa shape index (κ1) is 23.1. The highest BCUT2D eigenvalue weighted by atomic mass is 32.2. The van der Waals surface area contributed by atoms with Gasteiger partial charge in [0.25, 0.3) is 17.1 Å². The minimum atomic E-state index is -0.276. The molecule has 0 atom stereocenters. The lowest BCUT2D eigenvalue weighted by atomic mass is 9.89. The number of nitrogens with one attached hydrogen (secondary N) is 1. The minimum Gasteiger partial charge on any atom is -0.483 e. The molecule has 3 amide bonds. The van der Waals surface area contributed by atoms with Gasteiger partial charge in [-0.3, -0.25) is 19.3 Å². The molecule has 2 aromatic rings. The zero-order valence-electron chi connectivity index (χ0n) is 18.7. The predicted octanol–water partition coefficient (Wildman–Crippen LogP) is 5.63. The number of ether oxygens (including phenoxy) is 1. The van der Waals surface area contributed by atoms with Crippen molar-refractivity contribution in [3.05, 3.63) is 64.6 Å². The molecular weight excluding hydrogens is 436 g/mol. The number of para-hydroxylation sites is 1. The van der Waals surface area contributed by atoms with Crippen molar-refractivity contribution >= 4 is 40.6 Å². The molecule has 1 saturated carbocycles. The topological polar surface area (TPSA) is 75.7 Å². The Balaban J connectivity index is 1.40. The van der Waals surface area contributed by atoms with E-state index in [2.05, 4.69) is 5.32 Å². The lowest BCUT2D eigenvalue weighted by molar-refractivity contribution is -0.123. The summed E-state index contributed by atoms with van der Waals surface area (Å²) < 4.78 is 5.74. The summed E-state index contributed by atoms with van der Waals surface area (Å²) in [6.07, 6.45) is 7.39. The molecule has 33 heavy (non-hydrogen) atoms. The highest BCUT2D eigenvalue weighted by molar-refractivity contribution is 8.18. The SMILES string of the molecule is Cc1ccc(NC(=O)COc2ccccc2/C=C2/SC(=O)N(CC3CCCCC3)C2=O)cc1. The summed E-state index contributed by atoms with van der Waals surface area (Å²) >= 11 is 0.965. The van der Waals surface area contributed by atoms with Crippen molar-refractivity contribution < 1.29 is 19.1 Å². The number of thioether (sulfide) groups is 1. The van der Waals surface area contributed by atoms with Crippen LogP contribution in [0, 0.1) is 12.8 Å². The number of amides is 3. The number of aryl methyl sites for hydroxylation is 1. The first-order valence-corrected chi connectivity index (χ1v) is 12.1. The summed E-state index contributed by atoms with van der Waals surface area (Å²) in [7, 11) is 0. The Bertz CT molecular complexity index is 1060. The van der Waals surface area contributed by atoms with Crippen LogP contribution in [0.25, 0.3) is 6.08 Å². The molecule has 4 rings (SSSR count). The molecular formula is C26H28N2O4S. The fourth-order valence-electron chi connectivity index (χ4n) is 4.14. The van der Waals surface area contributed by atoms with Crippen LogP contribution in [0.5, 0.6) is 5.75 Å². The Morgan fingerprint density at radius 1 is 1.09 bits per heavy atom. The molecule has 6 nitrogen and oxygen atoms in total. The maximum absolute atomic E-state index is 12.9. The second-order valence-electron chi connectivity index (χ2n) is 8.54. The lowest BCUT2D eigenvalue weighted by Crippen LogP contribution is -2.34. The molecule has 1 N–H and O–H groups in total.